The Bertz CT molecular complexity index is 371. The summed E-state index contributed by atoms with van der Waals surface area (Å²) >= 11 is 3.40. The van der Waals surface area contributed by atoms with Crippen LogP contribution in [0.2, 0.25) is 0 Å². The number of nitrogens with zero attached hydrogens (tertiary/aromatic N) is 1. The van der Waals surface area contributed by atoms with E-state index in [1.54, 1.807) is 6.26 Å². The molecule has 1 amide bonds. The molecule has 1 aromatic rings. The molecule has 3 nitrogen and oxygen atoms in total. The highest BCUT2D eigenvalue weighted by molar-refractivity contribution is 9.09. The van der Waals surface area contributed by atoms with E-state index in [2.05, 4.69) is 15.9 Å². The first-order chi connectivity index (χ1) is 7.72. The number of halogens is 1. The van der Waals surface area contributed by atoms with Gasteiger partial charge < -0.3 is 9.32 Å². The summed E-state index contributed by atoms with van der Waals surface area (Å²) in [5, 5.41) is 0.825. The maximum absolute atomic E-state index is 12.2. The lowest BCUT2D eigenvalue weighted by Crippen LogP contribution is -2.45. The monoisotopic (exact) mass is 285 g/mol. The van der Waals surface area contributed by atoms with Gasteiger partial charge in [-0.2, -0.15) is 0 Å². The van der Waals surface area contributed by atoms with Crippen LogP contribution in [0.1, 0.15) is 35.4 Å². The smallest absolute Gasteiger partial charge is 0.257 e. The van der Waals surface area contributed by atoms with Gasteiger partial charge >= 0.3 is 0 Å². The largest absolute Gasteiger partial charge is 0.469 e. The number of hydrogen-bond acceptors (Lipinski definition) is 2. The molecule has 4 heteroatoms. The summed E-state index contributed by atoms with van der Waals surface area (Å²) in [6, 6.07) is 2.24. The van der Waals surface area contributed by atoms with Gasteiger partial charge in [0.25, 0.3) is 5.91 Å². The van der Waals surface area contributed by atoms with Crippen molar-refractivity contribution >= 4 is 21.8 Å². The predicted molar refractivity (Wildman–Crippen MR) is 65.9 cm³/mol. The molecule has 1 aliphatic carbocycles. The van der Waals surface area contributed by atoms with Gasteiger partial charge in [-0.25, -0.2) is 0 Å². The fourth-order valence-corrected chi connectivity index (χ4v) is 2.34. The highest BCUT2D eigenvalue weighted by Crippen LogP contribution is 2.26. The fraction of sp³-hybridized carbons (Fsp3) is 0.583. The molecule has 1 aliphatic rings. The topological polar surface area (TPSA) is 33.5 Å². The van der Waals surface area contributed by atoms with Crippen LogP contribution in [0, 0.1) is 6.92 Å². The molecule has 0 spiro atoms. The van der Waals surface area contributed by atoms with Gasteiger partial charge in [-0.1, -0.05) is 15.9 Å². The highest BCUT2D eigenvalue weighted by Gasteiger charge is 2.29. The van der Waals surface area contributed by atoms with Crippen LogP contribution >= 0.6 is 15.9 Å². The molecule has 0 aromatic carbocycles. The minimum Gasteiger partial charge on any atom is -0.469 e. The van der Waals surface area contributed by atoms with E-state index < -0.39 is 0 Å². The number of rotatable bonds is 4. The van der Waals surface area contributed by atoms with Crippen molar-refractivity contribution in [3.05, 3.63) is 23.7 Å². The van der Waals surface area contributed by atoms with Crippen LogP contribution in [0.25, 0.3) is 0 Å². The molecule has 0 N–H and O–H groups in total. The molecular formula is C12H16BrNO2. The van der Waals surface area contributed by atoms with Crippen molar-refractivity contribution < 1.29 is 9.21 Å². The number of carbonyl (C=O) groups is 1. The van der Waals surface area contributed by atoms with Crippen molar-refractivity contribution in [2.24, 2.45) is 0 Å². The third-order valence-electron chi connectivity index (χ3n) is 3.08. The Labute approximate surface area is 104 Å². The lowest BCUT2D eigenvalue weighted by atomic mass is 9.91. The molecule has 1 aromatic heterocycles. The quantitative estimate of drug-likeness (QED) is 0.797. The first-order valence-electron chi connectivity index (χ1n) is 5.64. The first kappa shape index (κ1) is 11.7. The molecule has 2 rings (SSSR count). The average Bonchev–Trinajstić information content (AvgIpc) is 2.60. The van der Waals surface area contributed by atoms with Gasteiger partial charge in [0, 0.05) is 17.9 Å². The highest BCUT2D eigenvalue weighted by atomic mass is 79.9. The van der Waals surface area contributed by atoms with Crippen LogP contribution in [0.15, 0.2) is 16.7 Å². The summed E-state index contributed by atoms with van der Waals surface area (Å²) in [6.45, 7) is 2.63. The Morgan fingerprint density at radius 1 is 1.62 bits per heavy atom. The van der Waals surface area contributed by atoms with Crippen molar-refractivity contribution in [1.29, 1.82) is 0 Å². The van der Waals surface area contributed by atoms with Crippen LogP contribution in [0.4, 0.5) is 0 Å². The van der Waals surface area contributed by atoms with Gasteiger partial charge in [-0.3, -0.25) is 4.79 Å². The number of amides is 1. The van der Waals surface area contributed by atoms with Crippen LogP contribution in [0.5, 0.6) is 0 Å². The van der Waals surface area contributed by atoms with Crippen molar-refractivity contribution in [2.45, 2.75) is 32.2 Å². The zero-order chi connectivity index (χ0) is 11.5. The van der Waals surface area contributed by atoms with Gasteiger partial charge in [-0.05, 0) is 32.3 Å². The van der Waals surface area contributed by atoms with Crippen molar-refractivity contribution in [3.63, 3.8) is 0 Å². The SMILES string of the molecule is Cc1cc(C(=O)N(CCBr)C2CCC2)co1. The molecule has 0 bridgehead atoms. The molecule has 1 saturated carbocycles. The Morgan fingerprint density at radius 3 is 2.81 bits per heavy atom. The van der Waals surface area contributed by atoms with E-state index in [0.29, 0.717) is 11.6 Å². The molecule has 0 aliphatic heterocycles. The summed E-state index contributed by atoms with van der Waals surface area (Å²) in [6.07, 6.45) is 5.06. The maximum atomic E-state index is 12.2. The molecule has 1 fully saturated rings. The molecule has 88 valence electrons. The molecule has 0 unspecified atom stereocenters. The van der Waals surface area contributed by atoms with Crippen LogP contribution in [0.3, 0.4) is 0 Å². The van der Waals surface area contributed by atoms with Gasteiger partial charge in [0.05, 0.1) is 5.56 Å². The normalized spacial score (nSPS) is 15.9. The lowest BCUT2D eigenvalue weighted by molar-refractivity contribution is 0.0599. The van der Waals surface area contributed by atoms with Crippen molar-refractivity contribution in [1.82, 2.24) is 4.90 Å². The summed E-state index contributed by atoms with van der Waals surface area (Å²) in [7, 11) is 0. The predicted octanol–water partition coefficient (Wildman–Crippen LogP) is 2.98. The second kappa shape index (κ2) is 5.04. The molecule has 0 radical (unpaired) electrons. The van der Waals surface area contributed by atoms with Crippen molar-refractivity contribution in [2.75, 3.05) is 11.9 Å². The van der Waals surface area contributed by atoms with E-state index in [1.807, 2.05) is 17.9 Å². The minimum atomic E-state index is 0.0981. The van der Waals surface area contributed by atoms with E-state index in [0.717, 1.165) is 30.5 Å². The van der Waals surface area contributed by atoms with Crippen molar-refractivity contribution in [3.8, 4) is 0 Å². The minimum absolute atomic E-state index is 0.0981. The van der Waals surface area contributed by atoms with Crippen LogP contribution in [-0.2, 0) is 0 Å². The zero-order valence-electron chi connectivity index (χ0n) is 9.41. The molecule has 0 saturated heterocycles. The summed E-state index contributed by atoms with van der Waals surface area (Å²) < 4.78 is 5.19. The molecule has 16 heavy (non-hydrogen) atoms. The van der Waals surface area contributed by atoms with E-state index in [1.165, 1.54) is 6.42 Å². The molecule has 1 heterocycles. The average molecular weight is 286 g/mol. The van der Waals surface area contributed by atoms with E-state index in [-0.39, 0.29) is 5.91 Å². The lowest BCUT2D eigenvalue weighted by Gasteiger charge is -2.37. The van der Waals surface area contributed by atoms with Gasteiger partial charge in [0.1, 0.15) is 12.0 Å². The second-order valence-corrected chi connectivity index (χ2v) is 5.01. The van der Waals surface area contributed by atoms with Crippen LogP contribution < -0.4 is 0 Å². The van der Waals surface area contributed by atoms with Gasteiger partial charge in [0.15, 0.2) is 0 Å². The number of carbonyl (C=O) groups excluding carboxylic acids is 1. The second-order valence-electron chi connectivity index (χ2n) is 4.22. The Kier molecular flexibility index (Phi) is 3.69. The Hall–Kier alpha value is -0.770. The van der Waals surface area contributed by atoms with Crippen LogP contribution in [-0.4, -0.2) is 28.7 Å². The molecule has 0 atom stereocenters. The number of aryl methyl sites for hydroxylation is 1. The van der Waals surface area contributed by atoms with E-state index in [9.17, 15) is 4.79 Å². The third kappa shape index (κ3) is 2.32. The van der Waals surface area contributed by atoms with E-state index >= 15 is 0 Å². The standard InChI is InChI=1S/C12H16BrNO2/c1-9-7-10(8-16-9)12(15)14(6-5-13)11-3-2-4-11/h7-8,11H,2-6H2,1H3. The maximum Gasteiger partial charge on any atom is 0.257 e. The summed E-state index contributed by atoms with van der Waals surface area (Å²) in [4.78, 5) is 14.2. The summed E-state index contributed by atoms with van der Waals surface area (Å²) in [5.41, 5.74) is 0.672. The summed E-state index contributed by atoms with van der Waals surface area (Å²) in [5.74, 6) is 0.886. The number of alkyl halides is 1. The fourth-order valence-electron chi connectivity index (χ4n) is 1.96. The first-order valence-corrected chi connectivity index (χ1v) is 6.76. The van der Waals surface area contributed by atoms with E-state index in [4.69, 9.17) is 4.42 Å². The number of furan rings is 1. The Morgan fingerprint density at radius 2 is 2.38 bits per heavy atom. The third-order valence-corrected chi connectivity index (χ3v) is 3.43. The molecular weight excluding hydrogens is 270 g/mol. The zero-order valence-corrected chi connectivity index (χ0v) is 11.0. The Balaban J connectivity index is 2.09. The number of hydrogen-bond donors (Lipinski definition) is 0. The van der Waals surface area contributed by atoms with Gasteiger partial charge in [-0.15, -0.1) is 0 Å². The van der Waals surface area contributed by atoms with Gasteiger partial charge in [0.2, 0.25) is 0 Å².